The minimum absolute atomic E-state index is 0.259. The highest BCUT2D eigenvalue weighted by Crippen LogP contribution is 2.27. The van der Waals surface area contributed by atoms with Crippen LogP contribution in [-0.2, 0) is 4.79 Å². The van der Waals surface area contributed by atoms with Crippen molar-refractivity contribution in [1.29, 1.82) is 5.26 Å². The molecule has 0 aliphatic heterocycles. The number of nitriles is 1. The lowest BCUT2D eigenvalue weighted by Crippen LogP contribution is -2.07. The van der Waals surface area contributed by atoms with Gasteiger partial charge in [0.2, 0.25) is 0 Å². The predicted octanol–water partition coefficient (Wildman–Crippen LogP) is 2.24. The van der Waals surface area contributed by atoms with Crippen LogP contribution in [0.25, 0.3) is 0 Å². The molecule has 1 aromatic rings. The van der Waals surface area contributed by atoms with E-state index in [1.165, 1.54) is 19.1 Å². The van der Waals surface area contributed by atoms with Gasteiger partial charge in [-0.3, -0.25) is 9.59 Å². The Kier molecular flexibility index (Phi) is 3.59. The predicted molar refractivity (Wildman–Crippen MR) is 55.8 cm³/mol. The third-order valence-electron chi connectivity index (χ3n) is 2.00. The average Bonchev–Trinajstić information content (AvgIpc) is 2.26. The van der Waals surface area contributed by atoms with Gasteiger partial charge in [-0.25, -0.2) is 0 Å². The van der Waals surface area contributed by atoms with E-state index in [4.69, 9.17) is 16.9 Å². The Labute approximate surface area is 92.3 Å². The van der Waals surface area contributed by atoms with Gasteiger partial charge in [0.1, 0.15) is 11.7 Å². The molecular formula is C11H8ClNO2. The first-order chi connectivity index (χ1) is 7.11. The number of nitrogens with zero attached hydrogens (tertiary/aromatic N) is 1. The number of ketones is 1. The zero-order chi connectivity index (χ0) is 11.4. The van der Waals surface area contributed by atoms with Crippen molar-refractivity contribution < 1.29 is 9.59 Å². The number of rotatable bonds is 3. The van der Waals surface area contributed by atoms with Crippen LogP contribution in [0.5, 0.6) is 0 Å². The summed E-state index contributed by atoms with van der Waals surface area (Å²) in [6, 6.07) is 6.55. The van der Waals surface area contributed by atoms with Crippen LogP contribution in [0.15, 0.2) is 18.2 Å². The van der Waals surface area contributed by atoms with Crippen molar-refractivity contribution >= 4 is 23.7 Å². The molecule has 3 nitrogen and oxygen atoms in total. The zero-order valence-corrected chi connectivity index (χ0v) is 8.78. The molecule has 0 saturated heterocycles. The highest BCUT2D eigenvalue weighted by molar-refractivity contribution is 6.31. The summed E-state index contributed by atoms with van der Waals surface area (Å²) >= 11 is 5.85. The normalized spacial score (nSPS) is 11.5. The van der Waals surface area contributed by atoms with Crippen LogP contribution < -0.4 is 0 Å². The summed E-state index contributed by atoms with van der Waals surface area (Å²) in [5.41, 5.74) is 0.836. The Hall–Kier alpha value is -1.66. The van der Waals surface area contributed by atoms with Gasteiger partial charge < -0.3 is 0 Å². The number of Topliss-reactive ketones (excluding diaryl/α,β-unsaturated/α-hetero) is 1. The third kappa shape index (κ3) is 2.23. The van der Waals surface area contributed by atoms with E-state index in [1.54, 1.807) is 6.07 Å². The number of carbonyl (C=O) groups is 2. The molecule has 0 aromatic heterocycles. The molecule has 4 heteroatoms. The second-order valence-electron chi connectivity index (χ2n) is 3.01. The fourth-order valence-corrected chi connectivity index (χ4v) is 1.51. The molecule has 1 unspecified atom stereocenters. The van der Waals surface area contributed by atoms with Gasteiger partial charge in [-0.2, -0.15) is 5.26 Å². The summed E-state index contributed by atoms with van der Waals surface area (Å²) in [6.07, 6.45) is 0.592. The Morgan fingerprint density at radius 2 is 2.27 bits per heavy atom. The van der Waals surface area contributed by atoms with Crippen LogP contribution in [0.3, 0.4) is 0 Å². The number of hydrogen-bond donors (Lipinski definition) is 0. The summed E-state index contributed by atoms with van der Waals surface area (Å²) in [6.45, 7) is 1.32. The highest BCUT2D eigenvalue weighted by Gasteiger charge is 2.20. The van der Waals surface area contributed by atoms with E-state index in [9.17, 15) is 9.59 Å². The van der Waals surface area contributed by atoms with Crippen LogP contribution >= 0.6 is 11.6 Å². The van der Waals surface area contributed by atoms with Crippen molar-refractivity contribution in [2.24, 2.45) is 0 Å². The molecule has 0 radical (unpaired) electrons. The van der Waals surface area contributed by atoms with Crippen LogP contribution in [0, 0.1) is 11.3 Å². The largest absolute Gasteiger partial charge is 0.298 e. The monoisotopic (exact) mass is 221 g/mol. The lowest BCUT2D eigenvalue weighted by atomic mass is 9.97. The highest BCUT2D eigenvalue weighted by atomic mass is 35.5. The Morgan fingerprint density at radius 1 is 1.60 bits per heavy atom. The second-order valence-corrected chi connectivity index (χ2v) is 3.45. The van der Waals surface area contributed by atoms with E-state index in [-0.39, 0.29) is 16.9 Å². The van der Waals surface area contributed by atoms with E-state index < -0.39 is 5.38 Å². The maximum Gasteiger partial charge on any atom is 0.152 e. The lowest BCUT2D eigenvalue weighted by Gasteiger charge is -2.10. The van der Waals surface area contributed by atoms with Crippen LogP contribution in [0.4, 0.5) is 0 Å². The maximum atomic E-state index is 11.1. The molecular weight excluding hydrogens is 214 g/mol. The van der Waals surface area contributed by atoms with Crippen LogP contribution in [0.2, 0.25) is 0 Å². The lowest BCUT2D eigenvalue weighted by molar-refractivity contribution is -0.116. The molecule has 0 spiro atoms. The molecule has 0 aliphatic carbocycles. The Morgan fingerprint density at radius 3 is 2.73 bits per heavy atom. The van der Waals surface area contributed by atoms with Gasteiger partial charge >= 0.3 is 0 Å². The van der Waals surface area contributed by atoms with Crippen molar-refractivity contribution in [3.8, 4) is 6.07 Å². The van der Waals surface area contributed by atoms with Gasteiger partial charge in [-0.05, 0) is 13.0 Å². The van der Waals surface area contributed by atoms with Crippen LogP contribution in [-0.4, -0.2) is 12.1 Å². The van der Waals surface area contributed by atoms with Gasteiger partial charge in [0.05, 0.1) is 11.6 Å². The van der Waals surface area contributed by atoms with Gasteiger partial charge in [-0.15, -0.1) is 11.6 Å². The van der Waals surface area contributed by atoms with Crippen molar-refractivity contribution in [3.05, 3.63) is 34.9 Å². The molecule has 0 aliphatic rings. The third-order valence-corrected chi connectivity index (χ3v) is 2.52. The maximum absolute atomic E-state index is 11.1. The summed E-state index contributed by atoms with van der Waals surface area (Å²) < 4.78 is 0. The fourth-order valence-electron chi connectivity index (χ4n) is 1.27. The summed E-state index contributed by atoms with van der Waals surface area (Å²) in [5.74, 6) is -0.289. The van der Waals surface area contributed by atoms with Gasteiger partial charge in [0.15, 0.2) is 5.78 Å². The van der Waals surface area contributed by atoms with Gasteiger partial charge in [-0.1, -0.05) is 12.1 Å². The molecule has 0 N–H and O–H groups in total. The number of benzene rings is 1. The molecule has 1 aromatic carbocycles. The van der Waals surface area contributed by atoms with E-state index in [2.05, 4.69) is 0 Å². The number of carbonyl (C=O) groups excluding carboxylic acids is 2. The first-order valence-corrected chi connectivity index (χ1v) is 4.68. The minimum atomic E-state index is -0.943. The standard InChI is InChI=1S/C11H8ClNO2/c1-7(15)11(12)10-8(5-13)3-2-4-9(10)6-14/h2-4,6,11H,1H3. The average molecular weight is 222 g/mol. The Balaban J connectivity index is 3.42. The quantitative estimate of drug-likeness (QED) is 0.581. The van der Waals surface area contributed by atoms with E-state index >= 15 is 0 Å². The van der Waals surface area contributed by atoms with Crippen molar-refractivity contribution in [1.82, 2.24) is 0 Å². The number of alkyl halides is 1. The zero-order valence-electron chi connectivity index (χ0n) is 8.03. The number of hydrogen-bond acceptors (Lipinski definition) is 3. The summed E-state index contributed by atoms with van der Waals surface area (Å²) in [5, 5.41) is 7.89. The molecule has 0 saturated carbocycles. The molecule has 76 valence electrons. The first-order valence-electron chi connectivity index (χ1n) is 4.24. The SMILES string of the molecule is CC(=O)C(Cl)c1c(C#N)cccc1C=O. The molecule has 0 bridgehead atoms. The van der Waals surface area contributed by atoms with Gasteiger partial charge in [0, 0.05) is 11.1 Å². The second kappa shape index (κ2) is 4.72. The van der Waals surface area contributed by atoms with Crippen molar-refractivity contribution in [3.63, 3.8) is 0 Å². The number of aldehydes is 1. The first kappa shape index (κ1) is 11.4. The smallest absolute Gasteiger partial charge is 0.152 e. The van der Waals surface area contributed by atoms with E-state index in [0.29, 0.717) is 11.8 Å². The van der Waals surface area contributed by atoms with Crippen LogP contribution in [0.1, 0.15) is 33.8 Å². The molecule has 1 atom stereocenters. The molecule has 0 fully saturated rings. The van der Waals surface area contributed by atoms with E-state index in [1.807, 2.05) is 6.07 Å². The summed E-state index contributed by atoms with van der Waals surface area (Å²) in [7, 11) is 0. The molecule has 15 heavy (non-hydrogen) atoms. The molecule has 0 amide bonds. The number of halogens is 1. The topological polar surface area (TPSA) is 57.9 Å². The van der Waals surface area contributed by atoms with Gasteiger partial charge in [0.25, 0.3) is 0 Å². The molecule has 0 heterocycles. The summed E-state index contributed by atoms with van der Waals surface area (Å²) in [4.78, 5) is 21.9. The van der Waals surface area contributed by atoms with Crippen molar-refractivity contribution in [2.75, 3.05) is 0 Å². The minimum Gasteiger partial charge on any atom is -0.298 e. The van der Waals surface area contributed by atoms with Crippen molar-refractivity contribution in [2.45, 2.75) is 12.3 Å². The van der Waals surface area contributed by atoms with E-state index in [0.717, 1.165) is 0 Å². The molecule has 1 rings (SSSR count). The fraction of sp³-hybridized carbons (Fsp3) is 0.182. The Bertz CT molecular complexity index is 448.